The lowest BCUT2D eigenvalue weighted by molar-refractivity contribution is -0.111. The minimum atomic E-state index is -0.280. The number of anilines is 1. The van der Waals surface area contributed by atoms with Crippen molar-refractivity contribution < 1.29 is 9.90 Å². The molecule has 7 nitrogen and oxygen atoms in total. The topological polar surface area (TPSA) is 91.9 Å². The number of aromatic hydroxyl groups is 1. The number of amides is 1. The van der Waals surface area contributed by atoms with E-state index in [0.29, 0.717) is 22.8 Å². The Hall–Kier alpha value is -3.74. The number of aryl methyl sites for hydroxylation is 2. The van der Waals surface area contributed by atoms with E-state index in [2.05, 4.69) is 27.2 Å². The number of nitrogens with zero attached hydrogens (tertiary/aromatic N) is 4. The quantitative estimate of drug-likeness (QED) is 0.483. The van der Waals surface area contributed by atoms with Gasteiger partial charge in [0.1, 0.15) is 17.1 Å². The lowest BCUT2D eigenvalue weighted by Crippen LogP contribution is -2.08. The Morgan fingerprint density at radius 2 is 1.96 bits per heavy atom. The average molecular weight is 375 g/mol. The van der Waals surface area contributed by atoms with E-state index in [-0.39, 0.29) is 11.7 Å². The molecule has 2 N–H and O–H groups in total. The number of carbonyl (C=O) groups is 1. The summed E-state index contributed by atoms with van der Waals surface area (Å²) in [5.74, 6) is -0.199. The Bertz CT molecular complexity index is 1080. The zero-order valence-electron chi connectivity index (χ0n) is 16.0. The van der Waals surface area contributed by atoms with E-state index in [1.54, 1.807) is 22.9 Å². The molecule has 0 aliphatic carbocycles. The first-order valence-electron chi connectivity index (χ1n) is 8.70. The Morgan fingerprint density at radius 3 is 2.68 bits per heavy atom. The summed E-state index contributed by atoms with van der Waals surface area (Å²) in [5.41, 5.74) is 4.88. The van der Waals surface area contributed by atoms with Gasteiger partial charge in [0, 0.05) is 5.69 Å². The molecule has 0 atom stereocenters. The smallest absolute Gasteiger partial charge is 0.247 e. The fraction of sp³-hybridized carbons (Fsp3) is 0.143. The zero-order chi connectivity index (χ0) is 20.3. The minimum absolute atomic E-state index is 0.0807. The van der Waals surface area contributed by atoms with E-state index in [1.165, 1.54) is 6.08 Å². The highest BCUT2D eigenvalue weighted by atomic mass is 16.3. The molecule has 1 aromatic heterocycles. The van der Waals surface area contributed by atoms with Gasteiger partial charge in [0.05, 0.1) is 17.1 Å². The van der Waals surface area contributed by atoms with Gasteiger partial charge in [-0.25, -0.2) is 4.68 Å². The van der Waals surface area contributed by atoms with Crippen LogP contribution in [0.5, 0.6) is 5.75 Å². The summed E-state index contributed by atoms with van der Waals surface area (Å²) in [7, 11) is 0. The number of benzene rings is 2. The van der Waals surface area contributed by atoms with Gasteiger partial charge in [0.15, 0.2) is 0 Å². The second-order valence-corrected chi connectivity index (χ2v) is 6.37. The molecule has 0 aliphatic rings. The molecular formula is C21H21N5O2. The molecule has 0 saturated heterocycles. The summed E-state index contributed by atoms with van der Waals surface area (Å²) in [6, 6.07) is 12.5. The number of carbonyl (C=O) groups excluding carboxylic acids is 1. The van der Waals surface area contributed by atoms with Crippen molar-refractivity contribution in [3.05, 3.63) is 72.1 Å². The van der Waals surface area contributed by atoms with Gasteiger partial charge in [-0.1, -0.05) is 18.7 Å². The Balaban J connectivity index is 1.94. The van der Waals surface area contributed by atoms with Gasteiger partial charge in [-0.05, 0) is 62.7 Å². The second kappa shape index (κ2) is 7.87. The summed E-state index contributed by atoms with van der Waals surface area (Å²) in [5, 5.41) is 25.7. The molecule has 0 unspecified atom stereocenters. The third-order valence-electron chi connectivity index (χ3n) is 4.19. The molecule has 1 amide bonds. The predicted octanol–water partition coefficient (Wildman–Crippen LogP) is 5.04. The van der Waals surface area contributed by atoms with Crippen LogP contribution in [0.1, 0.15) is 17.0 Å². The summed E-state index contributed by atoms with van der Waals surface area (Å²) >= 11 is 0. The van der Waals surface area contributed by atoms with E-state index < -0.39 is 0 Å². The van der Waals surface area contributed by atoms with E-state index in [4.69, 9.17) is 0 Å². The van der Waals surface area contributed by atoms with Crippen molar-refractivity contribution in [2.24, 2.45) is 10.2 Å². The molecule has 1 heterocycles. The van der Waals surface area contributed by atoms with Crippen molar-refractivity contribution in [3.8, 4) is 11.4 Å². The third kappa shape index (κ3) is 3.98. The number of phenols is 1. The van der Waals surface area contributed by atoms with Crippen LogP contribution in [0.4, 0.5) is 17.1 Å². The molecule has 28 heavy (non-hydrogen) atoms. The van der Waals surface area contributed by atoms with Crippen molar-refractivity contribution in [3.63, 3.8) is 0 Å². The zero-order valence-corrected chi connectivity index (χ0v) is 16.0. The molecule has 0 radical (unpaired) electrons. The van der Waals surface area contributed by atoms with Gasteiger partial charge in [-0.2, -0.15) is 5.10 Å². The van der Waals surface area contributed by atoms with E-state index in [0.717, 1.165) is 16.9 Å². The summed E-state index contributed by atoms with van der Waals surface area (Å²) < 4.78 is 1.74. The number of azo groups is 1. The Morgan fingerprint density at radius 1 is 1.18 bits per heavy atom. The standard InChI is InChI=1S/C21H21N5O2/c1-5-20(28)22-16-7-6-8-17(12-16)26-15(4)21(14(3)25-26)24-23-18-10-9-13(2)11-19(18)27/h5-12,27H,1H2,2-4H3,(H,22,28). The highest BCUT2D eigenvalue weighted by molar-refractivity contribution is 5.99. The normalized spacial score (nSPS) is 11.0. The molecule has 2 aromatic carbocycles. The number of phenolic OH excluding ortho intramolecular Hbond substituents is 1. The van der Waals surface area contributed by atoms with E-state index in [1.807, 2.05) is 45.0 Å². The van der Waals surface area contributed by atoms with Crippen LogP contribution in [0.25, 0.3) is 5.69 Å². The third-order valence-corrected chi connectivity index (χ3v) is 4.19. The summed E-state index contributed by atoms with van der Waals surface area (Å²) in [6.07, 6.45) is 1.22. The fourth-order valence-electron chi connectivity index (χ4n) is 2.76. The number of hydrogen-bond donors (Lipinski definition) is 2. The number of rotatable bonds is 5. The molecule has 3 rings (SSSR count). The van der Waals surface area contributed by atoms with Gasteiger partial charge in [0.2, 0.25) is 5.91 Å². The SMILES string of the molecule is C=CC(=O)Nc1cccc(-n2nc(C)c(N=Nc3ccc(C)cc3O)c2C)c1. The highest BCUT2D eigenvalue weighted by Crippen LogP contribution is 2.32. The van der Waals surface area contributed by atoms with E-state index in [9.17, 15) is 9.90 Å². The molecule has 142 valence electrons. The number of aromatic nitrogens is 2. The molecule has 3 aromatic rings. The van der Waals surface area contributed by atoms with Gasteiger partial charge in [-0.3, -0.25) is 4.79 Å². The number of nitrogens with one attached hydrogen (secondary N) is 1. The number of hydrogen-bond acceptors (Lipinski definition) is 5. The van der Waals surface area contributed by atoms with Crippen LogP contribution in [0.2, 0.25) is 0 Å². The van der Waals surface area contributed by atoms with Crippen LogP contribution < -0.4 is 5.32 Å². The molecule has 0 aliphatic heterocycles. The largest absolute Gasteiger partial charge is 0.506 e. The second-order valence-electron chi connectivity index (χ2n) is 6.37. The maximum atomic E-state index is 11.5. The van der Waals surface area contributed by atoms with Crippen LogP contribution in [0.3, 0.4) is 0 Å². The van der Waals surface area contributed by atoms with E-state index >= 15 is 0 Å². The fourth-order valence-corrected chi connectivity index (χ4v) is 2.76. The van der Waals surface area contributed by atoms with Crippen LogP contribution in [-0.4, -0.2) is 20.8 Å². The summed E-state index contributed by atoms with van der Waals surface area (Å²) in [4.78, 5) is 11.5. The average Bonchev–Trinajstić information content (AvgIpc) is 2.95. The van der Waals surface area contributed by atoms with Crippen LogP contribution in [-0.2, 0) is 4.79 Å². The first-order chi connectivity index (χ1) is 13.4. The predicted molar refractivity (Wildman–Crippen MR) is 109 cm³/mol. The van der Waals surface area contributed by atoms with Crippen molar-refractivity contribution >= 4 is 23.0 Å². The highest BCUT2D eigenvalue weighted by Gasteiger charge is 2.13. The molecule has 0 bridgehead atoms. The Kier molecular flexibility index (Phi) is 5.35. The monoisotopic (exact) mass is 375 g/mol. The molecular weight excluding hydrogens is 354 g/mol. The summed E-state index contributed by atoms with van der Waals surface area (Å²) in [6.45, 7) is 9.08. The molecule has 0 spiro atoms. The molecule has 0 fully saturated rings. The lowest BCUT2D eigenvalue weighted by Gasteiger charge is -2.07. The van der Waals surface area contributed by atoms with Crippen molar-refractivity contribution in [2.45, 2.75) is 20.8 Å². The molecule has 0 saturated carbocycles. The van der Waals surface area contributed by atoms with Crippen LogP contribution in [0, 0.1) is 20.8 Å². The van der Waals surface area contributed by atoms with Gasteiger partial charge in [-0.15, -0.1) is 10.2 Å². The van der Waals surface area contributed by atoms with Gasteiger partial charge in [0.25, 0.3) is 0 Å². The van der Waals surface area contributed by atoms with Crippen LogP contribution >= 0.6 is 0 Å². The maximum absolute atomic E-state index is 11.5. The van der Waals surface area contributed by atoms with Gasteiger partial charge < -0.3 is 10.4 Å². The van der Waals surface area contributed by atoms with Crippen LogP contribution in [0.15, 0.2) is 65.3 Å². The maximum Gasteiger partial charge on any atom is 0.247 e. The van der Waals surface area contributed by atoms with Crippen molar-refractivity contribution in [2.75, 3.05) is 5.32 Å². The minimum Gasteiger partial charge on any atom is -0.506 e. The lowest BCUT2D eigenvalue weighted by atomic mass is 10.2. The first-order valence-corrected chi connectivity index (χ1v) is 8.70. The van der Waals surface area contributed by atoms with Crippen molar-refractivity contribution in [1.29, 1.82) is 0 Å². The van der Waals surface area contributed by atoms with Crippen molar-refractivity contribution in [1.82, 2.24) is 9.78 Å². The first kappa shape index (κ1) is 19.0. The molecule has 7 heteroatoms. The Labute approximate surface area is 163 Å². The van der Waals surface area contributed by atoms with Gasteiger partial charge >= 0.3 is 0 Å².